The van der Waals surface area contributed by atoms with Gasteiger partial charge < -0.3 is 18.6 Å². The Hall–Kier alpha value is -8.34. The molecule has 0 atom stereocenters. The van der Waals surface area contributed by atoms with Gasteiger partial charge in [0.05, 0.1) is 44.5 Å². The monoisotopic (exact) mass is 790 g/mol. The number of para-hydroxylation sites is 4. The van der Waals surface area contributed by atoms with Gasteiger partial charge in [-0.3, -0.25) is 0 Å². The largest absolute Gasteiger partial charge is 0.310 e. The first-order valence-corrected chi connectivity index (χ1v) is 21.3. The summed E-state index contributed by atoms with van der Waals surface area (Å²) in [5.74, 6) is 0. The number of anilines is 3. The van der Waals surface area contributed by atoms with Gasteiger partial charge in [0.1, 0.15) is 0 Å². The first-order chi connectivity index (χ1) is 30.8. The van der Waals surface area contributed by atoms with Gasteiger partial charge in [-0.2, -0.15) is 0 Å². The predicted molar refractivity (Wildman–Crippen MR) is 262 cm³/mol. The zero-order valence-corrected chi connectivity index (χ0v) is 33.7. The van der Waals surface area contributed by atoms with Crippen LogP contribution in [0.25, 0.3) is 93.3 Å². The Kier molecular flexibility index (Phi) is 7.57. The lowest BCUT2D eigenvalue weighted by molar-refractivity contribution is 1.17. The molecule has 4 nitrogen and oxygen atoms in total. The summed E-state index contributed by atoms with van der Waals surface area (Å²) in [5, 5.41) is 9.68. The molecule has 13 rings (SSSR count). The van der Waals surface area contributed by atoms with Crippen LogP contribution in [-0.4, -0.2) is 13.7 Å². The number of fused-ring (bicyclic) bond motifs is 10. The number of aromatic nitrogens is 3. The minimum atomic E-state index is 1.09. The molecule has 0 unspecified atom stereocenters. The molecule has 10 aromatic carbocycles. The van der Waals surface area contributed by atoms with Crippen molar-refractivity contribution in [3.05, 3.63) is 231 Å². The van der Waals surface area contributed by atoms with Gasteiger partial charge in [0.15, 0.2) is 0 Å². The third-order valence-corrected chi connectivity index (χ3v) is 12.8. The summed E-state index contributed by atoms with van der Waals surface area (Å²) in [6.07, 6.45) is 0. The van der Waals surface area contributed by atoms with Crippen LogP contribution in [0.2, 0.25) is 0 Å². The zero-order valence-electron chi connectivity index (χ0n) is 33.7. The molecular formula is C58H38N4. The topological polar surface area (TPSA) is 18.0 Å². The highest BCUT2D eigenvalue weighted by atomic mass is 15.1. The van der Waals surface area contributed by atoms with Crippen LogP contribution in [0.4, 0.5) is 17.1 Å². The van der Waals surface area contributed by atoms with E-state index in [0.717, 1.165) is 45.2 Å². The molecule has 13 aromatic rings. The standard InChI is InChI=1S/C58H38N4/c1-3-21-41(22-4-1)59(42-23-5-2-6-24-42)43-33-35-55-49(37-43)57-58(61(55)51-31-15-19-39-17-7-9-25-45(39)51)50-38-44(60-53-29-13-11-27-47(53)48-28-12-14-30-54(48)60)34-36-56(50)62(57)52-32-16-20-40-18-8-10-26-46(40)52/h1-38H. The van der Waals surface area contributed by atoms with Crippen molar-refractivity contribution in [3.63, 3.8) is 0 Å². The van der Waals surface area contributed by atoms with E-state index < -0.39 is 0 Å². The van der Waals surface area contributed by atoms with Gasteiger partial charge in [0.2, 0.25) is 0 Å². The summed E-state index contributed by atoms with van der Waals surface area (Å²) in [6.45, 7) is 0. The van der Waals surface area contributed by atoms with Crippen molar-refractivity contribution in [1.82, 2.24) is 13.7 Å². The molecular weight excluding hydrogens is 753 g/mol. The fraction of sp³-hybridized carbons (Fsp3) is 0. The Morgan fingerprint density at radius 2 is 0.677 bits per heavy atom. The van der Waals surface area contributed by atoms with E-state index in [-0.39, 0.29) is 0 Å². The number of benzene rings is 10. The van der Waals surface area contributed by atoms with E-state index in [1.807, 2.05) is 0 Å². The maximum absolute atomic E-state index is 2.53. The van der Waals surface area contributed by atoms with E-state index in [0.29, 0.717) is 0 Å². The average molecular weight is 791 g/mol. The third-order valence-electron chi connectivity index (χ3n) is 12.8. The Labute approximate surface area is 358 Å². The van der Waals surface area contributed by atoms with Crippen molar-refractivity contribution < 1.29 is 0 Å². The molecule has 0 radical (unpaired) electrons. The van der Waals surface area contributed by atoms with Gasteiger partial charge in [-0.15, -0.1) is 0 Å². The highest BCUT2D eigenvalue weighted by molar-refractivity contribution is 6.22. The highest BCUT2D eigenvalue weighted by Crippen LogP contribution is 2.46. The quantitative estimate of drug-likeness (QED) is 0.164. The molecule has 0 amide bonds. The van der Waals surface area contributed by atoms with Crippen molar-refractivity contribution in [1.29, 1.82) is 0 Å². The molecule has 3 heterocycles. The molecule has 0 saturated carbocycles. The second-order valence-corrected chi connectivity index (χ2v) is 16.1. The van der Waals surface area contributed by atoms with E-state index in [2.05, 4.69) is 249 Å². The average Bonchev–Trinajstić information content (AvgIpc) is 3.97. The summed E-state index contributed by atoms with van der Waals surface area (Å²) >= 11 is 0. The van der Waals surface area contributed by atoms with Crippen LogP contribution in [0.1, 0.15) is 0 Å². The second-order valence-electron chi connectivity index (χ2n) is 16.1. The minimum Gasteiger partial charge on any atom is -0.310 e. The highest BCUT2D eigenvalue weighted by Gasteiger charge is 2.26. The normalized spacial score (nSPS) is 11.9. The molecule has 290 valence electrons. The lowest BCUT2D eigenvalue weighted by Gasteiger charge is -2.25. The van der Waals surface area contributed by atoms with Crippen molar-refractivity contribution in [2.75, 3.05) is 4.90 Å². The van der Waals surface area contributed by atoms with Crippen molar-refractivity contribution in [3.8, 4) is 17.1 Å². The molecule has 0 saturated heterocycles. The fourth-order valence-electron chi connectivity index (χ4n) is 10.2. The molecule has 0 fully saturated rings. The summed E-state index contributed by atoms with van der Waals surface area (Å²) < 4.78 is 7.50. The van der Waals surface area contributed by atoms with Crippen LogP contribution in [0, 0.1) is 0 Å². The van der Waals surface area contributed by atoms with Gasteiger partial charge in [-0.25, -0.2) is 0 Å². The van der Waals surface area contributed by atoms with E-state index in [4.69, 9.17) is 0 Å². The van der Waals surface area contributed by atoms with Gasteiger partial charge >= 0.3 is 0 Å². The van der Waals surface area contributed by atoms with Crippen LogP contribution in [0.15, 0.2) is 231 Å². The molecule has 62 heavy (non-hydrogen) atoms. The summed E-state index contributed by atoms with van der Waals surface area (Å²) in [7, 11) is 0. The number of hydrogen-bond donors (Lipinski definition) is 0. The van der Waals surface area contributed by atoms with Gasteiger partial charge in [-0.05, 0) is 95.7 Å². The van der Waals surface area contributed by atoms with Crippen LogP contribution in [0.3, 0.4) is 0 Å². The lowest BCUT2D eigenvalue weighted by atomic mass is 10.1. The maximum atomic E-state index is 2.53. The maximum Gasteiger partial charge on any atom is 0.0804 e. The molecule has 0 aliphatic rings. The van der Waals surface area contributed by atoms with E-state index in [1.54, 1.807) is 0 Å². The van der Waals surface area contributed by atoms with Crippen LogP contribution in [-0.2, 0) is 0 Å². The Bertz CT molecular complexity index is 3690. The Morgan fingerprint density at radius 1 is 0.258 bits per heavy atom. The molecule has 4 heteroatoms. The summed E-state index contributed by atoms with van der Waals surface area (Å²) in [4.78, 5) is 2.37. The minimum absolute atomic E-state index is 1.09. The van der Waals surface area contributed by atoms with Crippen LogP contribution < -0.4 is 4.90 Å². The van der Waals surface area contributed by atoms with Gasteiger partial charge in [-0.1, -0.05) is 146 Å². The molecule has 0 bridgehead atoms. The zero-order chi connectivity index (χ0) is 40.7. The van der Waals surface area contributed by atoms with Gasteiger partial charge in [0, 0.05) is 55.1 Å². The number of hydrogen-bond acceptors (Lipinski definition) is 1. The summed E-state index contributed by atoms with van der Waals surface area (Å²) in [6, 6.07) is 84.0. The fourth-order valence-corrected chi connectivity index (χ4v) is 10.2. The van der Waals surface area contributed by atoms with Crippen molar-refractivity contribution in [2.45, 2.75) is 0 Å². The first kappa shape index (κ1) is 34.5. The summed E-state index contributed by atoms with van der Waals surface area (Å²) in [5.41, 5.74) is 13.8. The smallest absolute Gasteiger partial charge is 0.0804 e. The number of nitrogens with zero attached hydrogens (tertiary/aromatic N) is 4. The van der Waals surface area contributed by atoms with E-state index >= 15 is 0 Å². The van der Waals surface area contributed by atoms with Crippen molar-refractivity contribution in [2.24, 2.45) is 0 Å². The molecule has 0 aliphatic heterocycles. The Morgan fingerprint density at radius 3 is 1.23 bits per heavy atom. The predicted octanol–water partition coefficient (Wildman–Crippen LogP) is 15.6. The molecule has 3 aromatic heterocycles. The van der Waals surface area contributed by atoms with E-state index in [9.17, 15) is 0 Å². The van der Waals surface area contributed by atoms with Gasteiger partial charge in [0.25, 0.3) is 0 Å². The molecule has 0 aliphatic carbocycles. The molecule has 0 spiro atoms. The molecule has 0 N–H and O–H groups in total. The third kappa shape index (κ3) is 5.07. The number of rotatable bonds is 6. The SMILES string of the molecule is c1ccc(N(c2ccccc2)c2ccc3c(c2)c2c(c4cc(-n5c6ccccc6c6ccccc65)ccc4n2-c2cccc4ccccc24)n3-c2cccc3ccccc23)cc1. The van der Waals surface area contributed by atoms with Crippen molar-refractivity contribution >= 4 is 93.3 Å². The first-order valence-electron chi connectivity index (χ1n) is 21.3. The van der Waals surface area contributed by atoms with E-state index in [1.165, 1.54) is 65.2 Å². The van der Waals surface area contributed by atoms with Crippen LogP contribution in [0.5, 0.6) is 0 Å². The Balaban J connectivity index is 1.22. The van der Waals surface area contributed by atoms with Crippen LogP contribution >= 0.6 is 0 Å². The second kappa shape index (κ2) is 13.6. The lowest BCUT2D eigenvalue weighted by Crippen LogP contribution is -2.09.